The summed E-state index contributed by atoms with van der Waals surface area (Å²) in [5.41, 5.74) is 0.925. The highest BCUT2D eigenvalue weighted by Gasteiger charge is 2.33. The highest BCUT2D eigenvalue weighted by Crippen LogP contribution is 2.27. The fraction of sp³-hybridized carbons (Fsp3) is 0.533. The van der Waals surface area contributed by atoms with Crippen molar-refractivity contribution in [2.45, 2.75) is 19.4 Å². The van der Waals surface area contributed by atoms with Crippen LogP contribution in [0.15, 0.2) is 28.7 Å². The zero-order valence-electron chi connectivity index (χ0n) is 11.3. The average Bonchev–Trinajstić information content (AvgIpc) is 2.39. The second-order valence-electron chi connectivity index (χ2n) is 5.44. The van der Waals surface area contributed by atoms with E-state index in [1.807, 2.05) is 12.1 Å². The molecule has 0 aliphatic carbocycles. The largest absolute Gasteiger partial charge is 0.380 e. The highest BCUT2D eigenvalue weighted by molar-refractivity contribution is 9.10. The Morgan fingerprint density at radius 2 is 2.37 bits per heavy atom. The molecule has 104 valence electrons. The molecule has 0 bridgehead atoms. The van der Waals surface area contributed by atoms with Crippen LogP contribution in [0.25, 0.3) is 0 Å². The van der Waals surface area contributed by atoms with Crippen molar-refractivity contribution in [3.8, 4) is 0 Å². The van der Waals surface area contributed by atoms with E-state index in [4.69, 9.17) is 4.74 Å². The Morgan fingerprint density at radius 1 is 1.53 bits per heavy atom. The van der Waals surface area contributed by atoms with Gasteiger partial charge in [0.1, 0.15) is 6.29 Å². The predicted octanol–water partition coefficient (Wildman–Crippen LogP) is 2.88. The molecule has 2 rings (SSSR count). The fourth-order valence-electron chi connectivity index (χ4n) is 2.67. The second-order valence-corrected chi connectivity index (χ2v) is 6.35. The summed E-state index contributed by atoms with van der Waals surface area (Å²) in [7, 11) is 2.06. The van der Waals surface area contributed by atoms with E-state index in [-0.39, 0.29) is 5.41 Å². The lowest BCUT2D eigenvalue weighted by Crippen LogP contribution is -2.42. The third kappa shape index (κ3) is 4.13. The van der Waals surface area contributed by atoms with Gasteiger partial charge >= 0.3 is 0 Å². The molecule has 19 heavy (non-hydrogen) atoms. The van der Waals surface area contributed by atoms with Crippen LogP contribution in [0, 0.1) is 5.41 Å². The molecule has 0 radical (unpaired) electrons. The van der Waals surface area contributed by atoms with E-state index in [1.165, 1.54) is 5.56 Å². The lowest BCUT2D eigenvalue weighted by Gasteiger charge is -2.35. The molecule has 0 amide bonds. The Labute approximate surface area is 123 Å². The molecular weight excluding hydrogens is 306 g/mol. The van der Waals surface area contributed by atoms with Gasteiger partial charge in [-0.1, -0.05) is 28.1 Å². The maximum absolute atomic E-state index is 11.4. The number of ether oxygens (including phenoxy) is 1. The Balaban J connectivity index is 1.96. The second kappa shape index (κ2) is 6.64. The van der Waals surface area contributed by atoms with E-state index >= 15 is 0 Å². The van der Waals surface area contributed by atoms with Crippen molar-refractivity contribution in [3.05, 3.63) is 34.3 Å². The quantitative estimate of drug-likeness (QED) is 0.779. The summed E-state index contributed by atoms with van der Waals surface area (Å²) in [6.45, 7) is 2.93. The van der Waals surface area contributed by atoms with Crippen molar-refractivity contribution in [1.82, 2.24) is 4.90 Å². The van der Waals surface area contributed by atoms with E-state index in [1.54, 1.807) is 0 Å². The van der Waals surface area contributed by atoms with Crippen LogP contribution >= 0.6 is 15.9 Å². The molecule has 1 aliphatic rings. The van der Waals surface area contributed by atoms with Crippen molar-refractivity contribution in [2.24, 2.45) is 5.41 Å². The maximum Gasteiger partial charge on any atom is 0.129 e. The van der Waals surface area contributed by atoms with E-state index in [0.29, 0.717) is 6.61 Å². The van der Waals surface area contributed by atoms with Crippen LogP contribution in [0.5, 0.6) is 0 Å². The van der Waals surface area contributed by atoms with Gasteiger partial charge in [-0.3, -0.25) is 0 Å². The first-order valence-corrected chi connectivity index (χ1v) is 7.40. The zero-order chi connectivity index (χ0) is 13.7. The number of nitrogens with zero attached hydrogens (tertiary/aromatic N) is 1. The van der Waals surface area contributed by atoms with Crippen LogP contribution in [0.4, 0.5) is 0 Å². The Hall–Kier alpha value is -0.710. The maximum atomic E-state index is 11.4. The number of hydrogen-bond donors (Lipinski definition) is 0. The summed E-state index contributed by atoms with van der Waals surface area (Å²) in [6.07, 6.45) is 2.99. The molecule has 0 N–H and O–H groups in total. The van der Waals surface area contributed by atoms with E-state index in [9.17, 15) is 4.79 Å². The van der Waals surface area contributed by atoms with Gasteiger partial charge in [0.15, 0.2) is 0 Å². The van der Waals surface area contributed by atoms with Gasteiger partial charge in [-0.25, -0.2) is 0 Å². The van der Waals surface area contributed by atoms with Gasteiger partial charge in [-0.05, 0) is 37.6 Å². The van der Waals surface area contributed by atoms with Crippen molar-refractivity contribution < 1.29 is 9.53 Å². The molecule has 1 aromatic rings. The molecule has 3 nitrogen and oxygen atoms in total. The van der Waals surface area contributed by atoms with Crippen LogP contribution in [0.1, 0.15) is 18.4 Å². The van der Waals surface area contributed by atoms with Gasteiger partial charge in [-0.15, -0.1) is 0 Å². The minimum Gasteiger partial charge on any atom is -0.380 e. The molecular formula is C15H20BrNO2. The number of benzene rings is 1. The van der Waals surface area contributed by atoms with Crippen molar-refractivity contribution in [3.63, 3.8) is 0 Å². The molecule has 0 spiro atoms. The number of carbonyl (C=O) groups excluding carboxylic acids is 1. The molecule has 1 heterocycles. The van der Waals surface area contributed by atoms with Gasteiger partial charge in [0.25, 0.3) is 0 Å². The van der Waals surface area contributed by atoms with Gasteiger partial charge in [0, 0.05) is 24.2 Å². The number of aldehydes is 1. The fourth-order valence-corrected chi connectivity index (χ4v) is 3.12. The van der Waals surface area contributed by atoms with Gasteiger partial charge in [0.2, 0.25) is 0 Å². The van der Waals surface area contributed by atoms with Crippen LogP contribution < -0.4 is 0 Å². The number of rotatable bonds is 5. The summed E-state index contributed by atoms with van der Waals surface area (Å²) in [4.78, 5) is 13.6. The third-order valence-electron chi connectivity index (χ3n) is 3.53. The molecule has 0 saturated carbocycles. The third-order valence-corrected chi connectivity index (χ3v) is 4.02. The molecule has 0 aromatic heterocycles. The molecule has 1 fully saturated rings. The molecule has 4 heteroatoms. The molecule has 1 aromatic carbocycles. The smallest absolute Gasteiger partial charge is 0.129 e. The summed E-state index contributed by atoms with van der Waals surface area (Å²) in [5, 5.41) is 0. The highest BCUT2D eigenvalue weighted by atomic mass is 79.9. The van der Waals surface area contributed by atoms with Crippen LogP contribution in [-0.2, 0) is 16.1 Å². The van der Waals surface area contributed by atoms with Gasteiger partial charge < -0.3 is 14.4 Å². The first-order chi connectivity index (χ1) is 9.13. The first kappa shape index (κ1) is 14.7. The minimum atomic E-state index is -0.320. The van der Waals surface area contributed by atoms with Crippen LogP contribution in [-0.4, -0.2) is 38.0 Å². The predicted molar refractivity (Wildman–Crippen MR) is 79.0 cm³/mol. The van der Waals surface area contributed by atoms with Gasteiger partial charge in [-0.2, -0.15) is 0 Å². The Bertz CT molecular complexity index is 430. The minimum absolute atomic E-state index is 0.320. The van der Waals surface area contributed by atoms with E-state index in [0.717, 1.165) is 43.3 Å². The summed E-state index contributed by atoms with van der Waals surface area (Å²) >= 11 is 3.48. The topological polar surface area (TPSA) is 29.5 Å². The summed E-state index contributed by atoms with van der Waals surface area (Å²) in [6, 6.07) is 8.27. The van der Waals surface area contributed by atoms with Crippen molar-refractivity contribution in [1.29, 1.82) is 0 Å². The van der Waals surface area contributed by atoms with Gasteiger partial charge in [0.05, 0.1) is 12.0 Å². The van der Waals surface area contributed by atoms with E-state index in [2.05, 4.69) is 40.0 Å². The zero-order valence-corrected chi connectivity index (χ0v) is 12.9. The molecule has 1 unspecified atom stereocenters. The lowest BCUT2D eigenvalue weighted by molar-refractivity contribution is -0.125. The summed E-state index contributed by atoms with van der Waals surface area (Å²) in [5.74, 6) is 0. The number of carbonyl (C=O) groups is 1. The van der Waals surface area contributed by atoms with Crippen molar-refractivity contribution in [2.75, 3.05) is 26.8 Å². The van der Waals surface area contributed by atoms with Crippen LogP contribution in [0.2, 0.25) is 0 Å². The molecule has 1 aliphatic heterocycles. The van der Waals surface area contributed by atoms with Crippen molar-refractivity contribution >= 4 is 22.2 Å². The Morgan fingerprint density at radius 3 is 3.00 bits per heavy atom. The lowest BCUT2D eigenvalue weighted by atomic mass is 9.83. The number of halogens is 1. The first-order valence-electron chi connectivity index (χ1n) is 6.61. The SMILES string of the molecule is CN(Cc1cccc(Br)c1)CC1(C=O)CCCOC1. The van der Waals surface area contributed by atoms with E-state index < -0.39 is 0 Å². The standard InChI is InChI=1S/C15H20BrNO2/c1-17(9-13-4-2-5-14(16)8-13)10-15(11-18)6-3-7-19-12-15/h2,4-5,8,11H,3,6-7,9-10,12H2,1H3. The van der Waals surface area contributed by atoms with Crippen LogP contribution in [0.3, 0.4) is 0 Å². The Kier molecular flexibility index (Phi) is 5.13. The normalized spacial score (nSPS) is 23.5. The molecule has 1 saturated heterocycles. The average molecular weight is 326 g/mol. The molecule has 1 atom stereocenters. The number of hydrogen-bond acceptors (Lipinski definition) is 3. The summed E-state index contributed by atoms with van der Waals surface area (Å²) < 4.78 is 6.57. The monoisotopic (exact) mass is 325 g/mol.